The van der Waals surface area contributed by atoms with Gasteiger partial charge >= 0.3 is 0 Å². The maximum atomic E-state index is 10.5. The third kappa shape index (κ3) is 2.90. The molecule has 5 rings (SSSR count). The van der Waals surface area contributed by atoms with Gasteiger partial charge in [-0.3, -0.25) is 0 Å². The van der Waals surface area contributed by atoms with E-state index >= 15 is 0 Å². The number of benzene rings is 3. The summed E-state index contributed by atoms with van der Waals surface area (Å²) in [4.78, 5) is 0. The van der Waals surface area contributed by atoms with Gasteiger partial charge in [0, 0.05) is 23.1 Å². The number of methoxy groups -OCH3 is 1. The lowest BCUT2D eigenvalue weighted by Gasteiger charge is -2.38. The number of ether oxygens (including phenoxy) is 2. The Kier molecular flexibility index (Phi) is 4.16. The zero-order chi connectivity index (χ0) is 20.0. The summed E-state index contributed by atoms with van der Waals surface area (Å²) in [6, 6.07) is 21.6. The van der Waals surface area contributed by atoms with Gasteiger partial charge in [-0.2, -0.15) is 5.10 Å². The van der Waals surface area contributed by atoms with E-state index < -0.39 is 0 Å². The average Bonchev–Trinajstić information content (AvgIpc) is 3.19. The smallest absolute Gasteiger partial charge is 0.214 e. The van der Waals surface area contributed by atoms with Gasteiger partial charge in [0.15, 0.2) is 0 Å². The van der Waals surface area contributed by atoms with Crippen molar-refractivity contribution in [2.24, 2.45) is 5.10 Å². The van der Waals surface area contributed by atoms with Gasteiger partial charge in [-0.25, -0.2) is 5.01 Å². The lowest BCUT2D eigenvalue weighted by molar-refractivity contribution is -0.0194. The standard InChI is InChI=1S/C24H22N2O3/c1-15-7-3-4-8-17(15)24-26-21(18-9-5-6-10-23(18)29-24)14-20(25-26)19-13-16(28-2)11-12-22(19)27/h3-13,21,24,27H,14H2,1-2H3/t21-,24-/m0/s1. The maximum absolute atomic E-state index is 10.5. The molecule has 1 N–H and O–H groups in total. The molecule has 3 aromatic rings. The lowest BCUT2D eigenvalue weighted by atomic mass is 9.95. The van der Waals surface area contributed by atoms with Crippen molar-refractivity contribution < 1.29 is 14.6 Å². The maximum Gasteiger partial charge on any atom is 0.214 e. The molecule has 2 aliphatic rings. The fourth-order valence-corrected chi connectivity index (χ4v) is 4.14. The number of fused-ring (bicyclic) bond motifs is 3. The van der Waals surface area contributed by atoms with Crippen LogP contribution in [0.1, 0.15) is 40.9 Å². The first-order valence-electron chi connectivity index (χ1n) is 9.70. The van der Waals surface area contributed by atoms with Crippen LogP contribution in [0.25, 0.3) is 0 Å². The van der Waals surface area contributed by atoms with Crippen molar-refractivity contribution in [1.82, 2.24) is 5.01 Å². The number of phenolic OH excluding ortho intramolecular Hbond substituents is 1. The van der Waals surface area contributed by atoms with Gasteiger partial charge < -0.3 is 14.6 Å². The molecule has 0 fully saturated rings. The van der Waals surface area contributed by atoms with Gasteiger partial charge in [-0.05, 0) is 36.8 Å². The number of hydrogen-bond acceptors (Lipinski definition) is 5. The number of rotatable bonds is 3. The Labute approximate surface area is 169 Å². The van der Waals surface area contributed by atoms with Crippen LogP contribution in [0.4, 0.5) is 0 Å². The van der Waals surface area contributed by atoms with Crippen LogP contribution in [0.2, 0.25) is 0 Å². The largest absolute Gasteiger partial charge is 0.507 e. The van der Waals surface area contributed by atoms with Crippen LogP contribution in [0.5, 0.6) is 17.2 Å². The number of aryl methyl sites for hydroxylation is 1. The van der Waals surface area contributed by atoms with Crippen molar-refractivity contribution in [2.45, 2.75) is 25.6 Å². The molecule has 3 aromatic carbocycles. The first-order valence-corrected chi connectivity index (χ1v) is 9.70. The summed E-state index contributed by atoms with van der Waals surface area (Å²) in [5.41, 5.74) is 4.87. The molecular weight excluding hydrogens is 364 g/mol. The number of para-hydroxylation sites is 1. The van der Waals surface area contributed by atoms with Gasteiger partial charge in [-0.1, -0.05) is 42.5 Å². The second kappa shape index (κ2) is 6.85. The van der Waals surface area contributed by atoms with E-state index in [0.717, 1.165) is 28.2 Å². The molecule has 146 valence electrons. The van der Waals surface area contributed by atoms with Crippen LogP contribution in [0.15, 0.2) is 71.8 Å². The summed E-state index contributed by atoms with van der Waals surface area (Å²) in [5.74, 6) is 1.77. The van der Waals surface area contributed by atoms with Gasteiger partial charge in [0.2, 0.25) is 6.23 Å². The molecule has 0 radical (unpaired) electrons. The Hall–Kier alpha value is -3.47. The van der Waals surface area contributed by atoms with Crippen molar-refractivity contribution in [3.05, 3.63) is 89.0 Å². The van der Waals surface area contributed by atoms with Crippen molar-refractivity contribution in [2.75, 3.05) is 7.11 Å². The van der Waals surface area contributed by atoms with Crippen LogP contribution in [-0.2, 0) is 0 Å². The quantitative estimate of drug-likeness (QED) is 0.692. The third-order valence-corrected chi connectivity index (χ3v) is 5.67. The SMILES string of the molecule is COc1ccc(O)c(C2=NN3[C@@H](C2)c2ccccc2O[C@H]3c2ccccc2C)c1. The Balaban J connectivity index is 1.63. The fraction of sp³-hybridized carbons (Fsp3) is 0.208. The highest BCUT2D eigenvalue weighted by atomic mass is 16.5. The lowest BCUT2D eigenvalue weighted by Crippen LogP contribution is -2.34. The molecule has 0 bridgehead atoms. The normalized spacial score (nSPS) is 19.8. The molecule has 2 atom stereocenters. The zero-order valence-electron chi connectivity index (χ0n) is 16.4. The molecule has 5 heteroatoms. The summed E-state index contributed by atoms with van der Waals surface area (Å²) in [6.45, 7) is 2.09. The van der Waals surface area contributed by atoms with Crippen molar-refractivity contribution in [3.8, 4) is 17.2 Å². The topological polar surface area (TPSA) is 54.3 Å². The molecule has 0 amide bonds. The molecule has 0 aromatic heterocycles. The van der Waals surface area contributed by atoms with Crippen LogP contribution in [-0.4, -0.2) is 22.9 Å². The van der Waals surface area contributed by atoms with Gasteiger partial charge in [-0.15, -0.1) is 0 Å². The fourth-order valence-electron chi connectivity index (χ4n) is 4.14. The first kappa shape index (κ1) is 17.6. The second-order valence-electron chi connectivity index (χ2n) is 7.39. The zero-order valence-corrected chi connectivity index (χ0v) is 16.4. The molecule has 0 spiro atoms. The second-order valence-corrected chi connectivity index (χ2v) is 7.39. The van der Waals surface area contributed by atoms with Gasteiger partial charge in [0.05, 0.1) is 18.9 Å². The van der Waals surface area contributed by atoms with E-state index in [1.165, 1.54) is 0 Å². The molecule has 2 heterocycles. The molecular formula is C24H22N2O3. The molecule has 0 aliphatic carbocycles. The molecule has 0 saturated heterocycles. The summed E-state index contributed by atoms with van der Waals surface area (Å²) >= 11 is 0. The van der Waals surface area contributed by atoms with Crippen molar-refractivity contribution in [1.29, 1.82) is 0 Å². The Bertz CT molecular complexity index is 1110. The Morgan fingerprint density at radius 1 is 1.03 bits per heavy atom. The highest BCUT2D eigenvalue weighted by molar-refractivity contribution is 6.04. The predicted octanol–water partition coefficient (Wildman–Crippen LogP) is 4.95. The van der Waals surface area contributed by atoms with E-state index in [1.54, 1.807) is 19.2 Å². The van der Waals surface area contributed by atoms with Crippen LogP contribution >= 0.6 is 0 Å². The predicted molar refractivity (Wildman–Crippen MR) is 111 cm³/mol. The third-order valence-electron chi connectivity index (χ3n) is 5.67. The summed E-state index contributed by atoms with van der Waals surface area (Å²) in [7, 11) is 1.62. The summed E-state index contributed by atoms with van der Waals surface area (Å²) in [5, 5.41) is 17.4. The monoisotopic (exact) mass is 386 g/mol. The Morgan fingerprint density at radius 3 is 2.59 bits per heavy atom. The minimum atomic E-state index is -0.318. The number of phenols is 1. The summed E-state index contributed by atoms with van der Waals surface area (Å²) < 4.78 is 11.7. The highest BCUT2D eigenvalue weighted by Crippen LogP contribution is 2.48. The number of hydrazone groups is 1. The molecule has 0 unspecified atom stereocenters. The van der Waals surface area contributed by atoms with E-state index in [0.29, 0.717) is 17.7 Å². The van der Waals surface area contributed by atoms with Crippen LogP contribution in [0, 0.1) is 6.92 Å². The van der Waals surface area contributed by atoms with E-state index in [-0.39, 0.29) is 18.0 Å². The molecule has 0 saturated carbocycles. The van der Waals surface area contributed by atoms with Gasteiger partial charge in [0.1, 0.15) is 17.2 Å². The molecule has 2 aliphatic heterocycles. The van der Waals surface area contributed by atoms with E-state index in [1.807, 2.05) is 41.4 Å². The molecule has 5 nitrogen and oxygen atoms in total. The summed E-state index contributed by atoms with van der Waals surface area (Å²) in [6.07, 6.45) is 0.366. The van der Waals surface area contributed by atoms with E-state index in [2.05, 4.69) is 25.1 Å². The average molecular weight is 386 g/mol. The first-order chi connectivity index (χ1) is 14.2. The van der Waals surface area contributed by atoms with Crippen molar-refractivity contribution in [3.63, 3.8) is 0 Å². The Morgan fingerprint density at radius 2 is 1.79 bits per heavy atom. The minimum Gasteiger partial charge on any atom is -0.507 e. The minimum absolute atomic E-state index is 0.0464. The van der Waals surface area contributed by atoms with E-state index in [9.17, 15) is 5.11 Å². The highest BCUT2D eigenvalue weighted by Gasteiger charge is 2.41. The number of aromatic hydroxyl groups is 1. The number of hydrogen-bond donors (Lipinski definition) is 1. The number of nitrogens with zero attached hydrogens (tertiary/aromatic N) is 2. The van der Waals surface area contributed by atoms with E-state index in [4.69, 9.17) is 14.6 Å². The van der Waals surface area contributed by atoms with Crippen LogP contribution < -0.4 is 9.47 Å². The van der Waals surface area contributed by atoms with Gasteiger partial charge in [0.25, 0.3) is 0 Å². The van der Waals surface area contributed by atoms with Crippen LogP contribution in [0.3, 0.4) is 0 Å². The van der Waals surface area contributed by atoms with Crippen molar-refractivity contribution >= 4 is 5.71 Å². The molecule has 29 heavy (non-hydrogen) atoms.